The summed E-state index contributed by atoms with van der Waals surface area (Å²) in [5, 5.41) is 13.9. The number of ether oxygens (including phenoxy) is 1. The molecule has 1 N–H and O–H groups in total. The molecule has 2 rings (SSSR count). The van der Waals surface area contributed by atoms with Gasteiger partial charge in [0.1, 0.15) is 17.3 Å². The van der Waals surface area contributed by atoms with Gasteiger partial charge in [-0.3, -0.25) is 10.1 Å². The number of anilines is 1. The Bertz CT molecular complexity index is 627. The van der Waals surface area contributed by atoms with Crippen molar-refractivity contribution in [3.8, 4) is 5.75 Å². The second kappa shape index (κ2) is 7.03. The molecule has 1 aromatic heterocycles. The minimum absolute atomic E-state index is 0.0146. The monoisotopic (exact) mass is 308 g/mol. The van der Waals surface area contributed by atoms with E-state index in [1.807, 2.05) is 18.4 Å². The molecule has 0 aliphatic heterocycles. The van der Waals surface area contributed by atoms with Crippen molar-refractivity contribution in [2.45, 2.75) is 12.3 Å². The first-order chi connectivity index (χ1) is 10.1. The third-order valence-corrected chi connectivity index (χ3v) is 3.42. The Morgan fingerprint density at radius 3 is 2.76 bits per heavy atom. The van der Waals surface area contributed by atoms with E-state index in [1.165, 1.54) is 19.2 Å². The molecule has 0 saturated heterocycles. The Hall–Kier alpha value is -2.15. The molecule has 0 unspecified atom stereocenters. The number of methoxy groups -OCH3 is 1. The standard InChI is InChI=1S/C14H16N2O4S/c1-19-14-6-3-10(16(17)18)7-13(14)15-8-11-4-5-12(20-11)9-21-2/h3-7,15H,8-9H2,1-2H3. The lowest BCUT2D eigenvalue weighted by Gasteiger charge is -2.09. The van der Waals surface area contributed by atoms with Crippen LogP contribution >= 0.6 is 11.8 Å². The zero-order chi connectivity index (χ0) is 15.2. The summed E-state index contributed by atoms with van der Waals surface area (Å²) in [6.07, 6.45) is 2.01. The normalized spacial score (nSPS) is 10.4. The molecule has 0 atom stereocenters. The van der Waals surface area contributed by atoms with E-state index in [1.54, 1.807) is 17.8 Å². The molecule has 7 heteroatoms. The molecule has 2 aromatic rings. The third kappa shape index (κ3) is 3.91. The number of nitrogens with one attached hydrogen (secondary N) is 1. The SMILES string of the molecule is COc1ccc([N+](=O)[O-])cc1NCc1ccc(CSC)o1. The van der Waals surface area contributed by atoms with Crippen LogP contribution in [0.1, 0.15) is 11.5 Å². The summed E-state index contributed by atoms with van der Waals surface area (Å²) >= 11 is 1.68. The number of rotatable bonds is 7. The van der Waals surface area contributed by atoms with Crippen LogP contribution in [0.4, 0.5) is 11.4 Å². The first kappa shape index (κ1) is 15.2. The number of nitro groups is 1. The first-order valence-electron chi connectivity index (χ1n) is 6.27. The number of hydrogen-bond donors (Lipinski definition) is 1. The van der Waals surface area contributed by atoms with E-state index in [0.717, 1.165) is 17.3 Å². The lowest BCUT2D eigenvalue weighted by Crippen LogP contribution is -2.01. The smallest absolute Gasteiger partial charge is 0.271 e. The van der Waals surface area contributed by atoms with Gasteiger partial charge in [-0.25, -0.2) is 0 Å². The molecular weight excluding hydrogens is 292 g/mol. The quantitative estimate of drug-likeness (QED) is 0.621. The van der Waals surface area contributed by atoms with Crippen molar-refractivity contribution in [2.24, 2.45) is 0 Å². The van der Waals surface area contributed by atoms with Crippen molar-refractivity contribution in [2.75, 3.05) is 18.7 Å². The van der Waals surface area contributed by atoms with Crippen LogP contribution in [0, 0.1) is 10.1 Å². The number of non-ortho nitro benzene ring substituents is 1. The lowest BCUT2D eigenvalue weighted by atomic mass is 10.2. The molecular formula is C14H16N2O4S. The highest BCUT2D eigenvalue weighted by Gasteiger charge is 2.11. The molecule has 0 spiro atoms. The fourth-order valence-corrected chi connectivity index (χ4v) is 2.31. The summed E-state index contributed by atoms with van der Waals surface area (Å²) in [7, 11) is 1.52. The molecule has 112 valence electrons. The third-order valence-electron chi connectivity index (χ3n) is 2.85. The van der Waals surface area contributed by atoms with Crippen LogP contribution < -0.4 is 10.1 Å². The minimum atomic E-state index is -0.436. The summed E-state index contributed by atoms with van der Waals surface area (Å²) in [6.45, 7) is 0.436. The molecule has 0 amide bonds. The maximum Gasteiger partial charge on any atom is 0.271 e. The van der Waals surface area contributed by atoms with Gasteiger partial charge in [-0.2, -0.15) is 11.8 Å². The van der Waals surface area contributed by atoms with Crippen LogP contribution in [0.15, 0.2) is 34.7 Å². The molecule has 0 aliphatic rings. The van der Waals surface area contributed by atoms with Gasteiger partial charge >= 0.3 is 0 Å². The number of hydrogen-bond acceptors (Lipinski definition) is 6. The zero-order valence-corrected chi connectivity index (χ0v) is 12.6. The van der Waals surface area contributed by atoms with Gasteiger partial charge in [-0.15, -0.1) is 0 Å². The second-order valence-electron chi connectivity index (χ2n) is 4.30. The predicted octanol–water partition coefficient (Wildman–Crippen LogP) is 3.67. The Morgan fingerprint density at radius 1 is 1.33 bits per heavy atom. The Labute approximate surface area is 126 Å². The van der Waals surface area contributed by atoms with Gasteiger partial charge < -0.3 is 14.5 Å². The van der Waals surface area contributed by atoms with Crippen LogP contribution in [0.25, 0.3) is 0 Å². The number of nitrogens with zero attached hydrogens (tertiary/aromatic N) is 1. The maximum atomic E-state index is 10.8. The second-order valence-corrected chi connectivity index (χ2v) is 5.16. The van der Waals surface area contributed by atoms with Crippen LogP contribution in [-0.4, -0.2) is 18.3 Å². The van der Waals surface area contributed by atoms with Gasteiger partial charge in [-0.05, 0) is 24.5 Å². The van der Waals surface area contributed by atoms with Crippen LogP contribution in [0.5, 0.6) is 5.75 Å². The molecule has 0 saturated carbocycles. The molecule has 0 radical (unpaired) electrons. The van der Waals surface area contributed by atoms with Crippen molar-refractivity contribution in [1.29, 1.82) is 0 Å². The summed E-state index contributed by atoms with van der Waals surface area (Å²) in [5.74, 6) is 3.05. The Kier molecular flexibility index (Phi) is 5.10. The predicted molar refractivity (Wildman–Crippen MR) is 82.9 cm³/mol. The van der Waals surface area contributed by atoms with E-state index in [9.17, 15) is 10.1 Å². The first-order valence-corrected chi connectivity index (χ1v) is 7.66. The molecule has 6 nitrogen and oxygen atoms in total. The fourth-order valence-electron chi connectivity index (χ4n) is 1.87. The largest absolute Gasteiger partial charge is 0.495 e. The van der Waals surface area contributed by atoms with E-state index in [-0.39, 0.29) is 5.69 Å². The highest BCUT2D eigenvalue weighted by Crippen LogP contribution is 2.29. The molecule has 0 fully saturated rings. The maximum absolute atomic E-state index is 10.8. The number of furan rings is 1. The molecule has 1 aromatic carbocycles. The van der Waals surface area contributed by atoms with Gasteiger partial charge in [0.05, 0.1) is 30.0 Å². The van der Waals surface area contributed by atoms with E-state index in [2.05, 4.69) is 5.32 Å². The summed E-state index contributed by atoms with van der Waals surface area (Å²) in [5.41, 5.74) is 0.579. The van der Waals surface area contributed by atoms with Crippen molar-refractivity contribution in [1.82, 2.24) is 0 Å². The summed E-state index contributed by atoms with van der Waals surface area (Å²) < 4.78 is 10.8. The Morgan fingerprint density at radius 2 is 2.10 bits per heavy atom. The molecule has 1 heterocycles. The summed E-state index contributed by atoms with van der Waals surface area (Å²) in [4.78, 5) is 10.4. The van der Waals surface area contributed by atoms with Crippen molar-refractivity contribution >= 4 is 23.1 Å². The van der Waals surface area contributed by atoms with Gasteiger partial charge in [0, 0.05) is 12.1 Å². The fraction of sp³-hybridized carbons (Fsp3) is 0.286. The van der Waals surface area contributed by atoms with E-state index < -0.39 is 4.92 Å². The van der Waals surface area contributed by atoms with E-state index in [0.29, 0.717) is 18.0 Å². The highest BCUT2D eigenvalue weighted by atomic mass is 32.2. The molecule has 21 heavy (non-hydrogen) atoms. The number of nitro benzene ring substituents is 1. The zero-order valence-electron chi connectivity index (χ0n) is 11.8. The van der Waals surface area contributed by atoms with Gasteiger partial charge in [0.15, 0.2) is 0 Å². The van der Waals surface area contributed by atoms with E-state index >= 15 is 0 Å². The van der Waals surface area contributed by atoms with Crippen molar-refractivity contribution in [3.63, 3.8) is 0 Å². The topological polar surface area (TPSA) is 77.5 Å². The van der Waals surface area contributed by atoms with Gasteiger partial charge in [-0.1, -0.05) is 0 Å². The average molecular weight is 308 g/mol. The highest BCUT2D eigenvalue weighted by molar-refractivity contribution is 7.97. The van der Waals surface area contributed by atoms with Crippen molar-refractivity contribution < 1.29 is 14.1 Å². The van der Waals surface area contributed by atoms with Crippen molar-refractivity contribution in [3.05, 3.63) is 52.0 Å². The molecule has 0 aliphatic carbocycles. The van der Waals surface area contributed by atoms with Crippen LogP contribution in [0.3, 0.4) is 0 Å². The van der Waals surface area contributed by atoms with Crippen LogP contribution in [-0.2, 0) is 12.3 Å². The van der Waals surface area contributed by atoms with Gasteiger partial charge in [0.2, 0.25) is 0 Å². The number of benzene rings is 1. The number of thioether (sulfide) groups is 1. The van der Waals surface area contributed by atoms with E-state index in [4.69, 9.17) is 9.15 Å². The van der Waals surface area contributed by atoms with Gasteiger partial charge in [0.25, 0.3) is 5.69 Å². The summed E-state index contributed by atoms with van der Waals surface area (Å²) in [6, 6.07) is 8.25. The Balaban J connectivity index is 2.10. The average Bonchev–Trinajstić information content (AvgIpc) is 2.92. The lowest BCUT2D eigenvalue weighted by molar-refractivity contribution is -0.384. The minimum Gasteiger partial charge on any atom is -0.495 e. The molecule has 0 bridgehead atoms. The van der Waals surface area contributed by atoms with Crippen LogP contribution in [0.2, 0.25) is 0 Å².